The van der Waals surface area contributed by atoms with Gasteiger partial charge in [0.25, 0.3) is 0 Å². The van der Waals surface area contributed by atoms with Crippen molar-refractivity contribution in [1.82, 2.24) is 5.32 Å². The average molecular weight is 205 g/mol. The molecule has 1 amide bonds. The molecule has 1 rings (SSSR count). The van der Waals surface area contributed by atoms with Crippen molar-refractivity contribution in [3.63, 3.8) is 0 Å². The second-order valence-electron chi connectivity index (χ2n) is 3.24. The van der Waals surface area contributed by atoms with Crippen molar-refractivity contribution >= 4 is 5.91 Å². The molecule has 3 heteroatoms. The van der Waals surface area contributed by atoms with Crippen LogP contribution in [0.4, 0.5) is 0 Å². The summed E-state index contributed by atoms with van der Waals surface area (Å²) in [4.78, 5) is 11.0. The zero-order valence-electron chi connectivity index (χ0n) is 9.04. The van der Waals surface area contributed by atoms with Gasteiger partial charge in [0.1, 0.15) is 5.75 Å². The molecular formula is C12H15NO2. The second kappa shape index (κ2) is 5.20. The number of nitrogens with one attached hydrogen (secondary N) is 1. The first-order chi connectivity index (χ1) is 7.17. The number of hydrogen-bond donors (Lipinski definition) is 1. The zero-order valence-corrected chi connectivity index (χ0v) is 9.04. The predicted octanol–water partition coefficient (Wildman–Crippen LogP) is 1.81. The van der Waals surface area contributed by atoms with Crippen LogP contribution in [0, 0.1) is 6.92 Å². The van der Waals surface area contributed by atoms with Gasteiger partial charge in [0.05, 0.1) is 7.11 Å². The van der Waals surface area contributed by atoms with Gasteiger partial charge in [-0.25, -0.2) is 0 Å². The van der Waals surface area contributed by atoms with E-state index in [2.05, 4.69) is 11.9 Å². The molecule has 0 spiro atoms. The Kier molecular flexibility index (Phi) is 3.92. The SMILES string of the molecule is C=CC(=O)NCc1cc(C)ccc1OC. The van der Waals surface area contributed by atoms with Crippen molar-refractivity contribution in [2.75, 3.05) is 7.11 Å². The molecule has 1 aromatic carbocycles. The fourth-order valence-corrected chi connectivity index (χ4v) is 1.30. The molecule has 0 unspecified atom stereocenters. The molecule has 0 radical (unpaired) electrons. The third kappa shape index (κ3) is 3.13. The van der Waals surface area contributed by atoms with Gasteiger partial charge in [-0.2, -0.15) is 0 Å². The molecule has 0 atom stereocenters. The minimum Gasteiger partial charge on any atom is -0.496 e. The number of hydrogen-bond acceptors (Lipinski definition) is 2. The lowest BCUT2D eigenvalue weighted by Gasteiger charge is -2.09. The first-order valence-corrected chi connectivity index (χ1v) is 4.71. The van der Waals surface area contributed by atoms with Crippen LogP contribution >= 0.6 is 0 Å². The molecule has 0 saturated heterocycles. The maximum atomic E-state index is 11.0. The Morgan fingerprint density at radius 1 is 1.60 bits per heavy atom. The molecular weight excluding hydrogens is 190 g/mol. The molecule has 1 N–H and O–H groups in total. The van der Waals surface area contributed by atoms with E-state index in [0.29, 0.717) is 6.54 Å². The van der Waals surface area contributed by atoms with E-state index >= 15 is 0 Å². The molecule has 0 fully saturated rings. The summed E-state index contributed by atoms with van der Waals surface area (Å²) in [5, 5.41) is 2.71. The zero-order chi connectivity index (χ0) is 11.3. The van der Waals surface area contributed by atoms with Gasteiger partial charge in [0.15, 0.2) is 0 Å². The van der Waals surface area contributed by atoms with Crippen LogP contribution in [0.2, 0.25) is 0 Å². The Labute approximate surface area is 89.8 Å². The minimum atomic E-state index is -0.182. The van der Waals surface area contributed by atoms with Gasteiger partial charge in [0.2, 0.25) is 5.91 Å². The van der Waals surface area contributed by atoms with Crippen LogP contribution in [0.1, 0.15) is 11.1 Å². The standard InChI is InChI=1S/C12H15NO2/c1-4-12(14)13-8-10-7-9(2)5-6-11(10)15-3/h4-7H,1,8H2,2-3H3,(H,13,14). The Bertz CT molecular complexity index is 372. The van der Waals surface area contributed by atoms with E-state index in [-0.39, 0.29) is 5.91 Å². The molecule has 15 heavy (non-hydrogen) atoms. The number of rotatable bonds is 4. The number of benzene rings is 1. The van der Waals surface area contributed by atoms with Crippen LogP contribution < -0.4 is 10.1 Å². The third-order valence-corrected chi connectivity index (χ3v) is 2.07. The average Bonchev–Trinajstić information content (AvgIpc) is 2.26. The van der Waals surface area contributed by atoms with E-state index < -0.39 is 0 Å². The first kappa shape index (κ1) is 11.3. The molecule has 80 valence electrons. The number of carbonyl (C=O) groups excluding carboxylic acids is 1. The van der Waals surface area contributed by atoms with Crippen molar-refractivity contribution in [3.8, 4) is 5.75 Å². The van der Waals surface area contributed by atoms with E-state index in [9.17, 15) is 4.79 Å². The molecule has 0 aliphatic heterocycles. The Morgan fingerprint density at radius 2 is 2.33 bits per heavy atom. The largest absolute Gasteiger partial charge is 0.496 e. The highest BCUT2D eigenvalue weighted by atomic mass is 16.5. The topological polar surface area (TPSA) is 38.3 Å². The Balaban J connectivity index is 2.78. The first-order valence-electron chi connectivity index (χ1n) is 4.71. The Hall–Kier alpha value is -1.77. The predicted molar refractivity (Wildman–Crippen MR) is 59.8 cm³/mol. The molecule has 3 nitrogen and oxygen atoms in total. The number of amides is 1. The maximum absolute atomic E-state index is 11.0. The van der Waals surface area contributed by atoms with Crippen molar-refractivity contribution in [3.05, 3.63) is 42.0 Å². The number of ether oxygens (including phenoxy) is 1. The van der Waals surface area contributed by atoms with Gasteiger partial charge in [-0.15, -0.1) is 0 Å². The number of methoxy groups -OCH3 is 1. The van der Waals surface area contributed by atoms with Crippen LogP contribution in [0.5, 0.6) is 5.75 Å². The smallest absolute Gasteiger partial charge is 0.243 e. The van der Waals surface area contributed by atoms with Crippen LogP contribution in [0.3, 0.4) is 0 Å². The van der Waals surface area contributed by atoms with Gasteiger partial charge >= 0.3 is 0 Å². The fourth-order valence-electron chi connectivity index (χ4n) is 1.30. The van der Waals surface area contributed by atoms with Crippen molar-refractivity contribution in [2.45, 2.75) is 13.5 Å². The summed E-state index contributed by atoms with van der Waals surface area (Å²) in [7, 11) is 1.61. The summed E-state index contributed by atoms with van der Waals surface area (Å²) in [6.07, 6.45) is 1.25. The third-order valence-electron chi connectivity index (χ3n) is 2.07. The summed E-state index contributed by atoms with van der Waals surface area (Å²) >= 11 is 0. The van der Waals surface area contributed by atoms with E-state index in [0.717, 1.165) is 16.9 Å². The summed E-state index contributed by atoms with van der Waals surface area (Å²) in [5.74, 6) is 0.600. The van der Waals surface area contributed by atoms with Crippen molar-refractivity contribution in [1.29, 1.82) is 0 Å². The minimum absolute atomic E-state index is 0.182. The highest BCUT2D eigenvalue weighted by Gasteiger charge is 2.03. The van der Waals surface area contributed by atoms with Gasteiger partial charge in [-0.3, -0.25) is 4.79 Å². The van der Waals surface area contributed by atoms with E-state index in [1.807, 2.05) is 25.1 Å². The molecule has 0 aromatic heterocycles. The number of aryl methyl sites for hydroxylation is 1. The quantitative estimate of drug-likeness (QED) is 0.761. The lowest BCUT2D eigenvalue weighted by Crippen LogP contribution is -2.20. The van der Waals surface area contributed by atoms with Crippen LogP contribution in [-0.2, 0) is 11.3 Å². The highest BCUT2D eigenvalue weighted by molar-refractivity contribution is 5.86. The monoisotopic (exact) mass is 205 g/mol. The van der Waals surface area contributed by atoms with Gasteiger partial charge in [-0.05, 0) is 19.1 Å². The van der Waals surface area contributed by atoms with Crippen LogP contribution in [-0.4, -0.2) is 13.0 Å². The van der Waals surface area contributed by atoms with Gasteiger partial charge in [-0.1, -0.05) is 24.3 Å². The van der Waals surface area contributed by atoms with E-state index in [1.165, 1.54) is 6.08 Å². The van der Waals surface area contributed by atoms with Crippen LogP contribution in [0.25, 0.3) is 0 Å². The Morgan fingerprint density at radius 3 is 2.93 bits per heavy atom. The molecule has 1 aromatic rings. The fraction of sp³-hybridized carbons (Fsp3) is 0.250. The molecule has 0 aliphatic rings. The van der Waals surface area contributed by atoms with Gasteiger partial charge < -0.3 is 10.1 Å². The van der Waals surface area contributed by atoms with E-state index in [4.69, 9.17) is 4.74 Å². The molecule has 0 bridgehead atoms. The second-order valence-corrected chi connectivity index (χ2v) is 3.24. The van der Waals surface area contributed by atoms with E-state index in [1.54, 1.807) is 7.11 Å². The number of carbonyl (C=O) groups is 1. The lowest BCUT2D eigenvalue weighted by molar-refractivity contribution is -0.116. The lowest BCUT2D eigenvalue weighted by atomic mass is 10.1. The molecule has 0 heterocycles. The molecule has 0 aliphatic carbocycles. The summed E-state index contributed by atoms with van der Waals surface area (Å²) in [6.45, 7) is 5.84. The summed E-state index contributed by atoms with van der Waals surface area (Å²) < 4.78 is 5.19. The van der Waals surface area contributed by atoms with Gasteiger partial charge in [0, 0.05) is 12.1 Å². The van der Waals surface area contributed by atoms with Crippen molar-refractivity contribution < 1.29 is 9.53 Å². The summed E-state index contributed by atoms with van der Waals surface area (Å²) in [5.41, 5.74) is 2.10. The highest BCUT2D eigenvalue weighted by Crippen LogP contribution is 2.19. The molecule has 0 saturated carbocycles. The summed E-state index contributed by atoms with van der Waals surface area (Å²) in [6, 6.07) is 5.85. The maximum Gasteiger partial charge on any atom is 0.243 e. The van der Waals surface area contributed by atoms with Crippen molar-refractivity contribution in [2.24, 2.45) is 0 Å². The van der Waals surface area contributed by atoms with Crippen LogP contribution in [0.15, 0.2) is 30.9 Å². The normalized spacial score (nSPS) is 9.47.